The molecule has 0 aromatic carbocycles. The third kappa shape index (κ3) is 5.60. The fraction of sp³-hybridized carbons (Fsp3) is 1.00. The van der Waals surface area contributed by atoms with Crippen LogP contribution in [-0.4, -0.2) is 18.5 Å². The van der Waals surface area contributed by atoms with Gasteiger partial charge in [-0.05, 0) is 18.8 Å². The Kier molecular flexibility index (Phi) is 5.74. The molecule has 0 saturated heterocycles. The first kappa shape index (κ1) is 13.1. The van der Waals surface area contributed by atoms with Crippen LogP contribution in [0.1, 0.15) is 71.1 Å². The monoisotopic (exact) mass is 208 g/mol. The molecular formula is C13H25BO. The van der Waals surface area contributed by atoms with Crippen molar-refractivity contribution < 1.29 is 5.11 Å². The Hall–Kier alpha value is 0.0249. The van der Waals surface area contributed by atoms with Crippen LogP contribution in [0.2, 0.25) is 0 Å². The fourth-order valence-corrected chi connectivity index (χ4v) is 2.70. The fourth-order valence-electron chi connectivity index (χ4n) is 2.70. The van der Waals surface area contributed by atoms with Gasteiger partial charge in [0.25, 0.3) is 0 Å². The molecule has 2 heteroatoms. The van der Waals surface area contributed by atoms with Crippen LogP contribution in [0.5, 0.6) is 0 Å². The molecule has 1 fully saturated rings. The van der Waals surface area contributed by atoms with E-state index in [1.54, 1.807) is 0 Å². The van der Waals surface area contributed by atoms with Gasteiger partial charge in [-0.15, -0.1) is 0 Å². The molecule has 0 spiro atoms. The molecule has 1 nitrogen and oxygen atoms in total. The molecular weight excluding hydrogens is 183 g/mol. The number of hydrogen-bond donors (Lipinski definition) is 1. The molecule has 0 aromatic heterocycles. The Morgan fingerprint density at radius 2 is 1.80 bits per heavy atom. The van der Waals surface area contributed by atoms with E-state index in [-0.39, 0.29) is 0 Å². The molecule has 2 atom stereocenters. The lowest BCUT2D eigenvalue weighted by atomic mass is 9.72. The van der Waals surface area contributed by atoms with Crippen LogP contribution in [0.15, 0.2) is 0 Å². The first-order valence-electron chi connectivity index (χ1n) is 6.65. The van der Waals surface area contributed by atoms with Gasteiger partial charge in [0, 0.05) is 5.50 Å². The first-order valence-corrected chi connectivity index (χ1v) is 6.65. The Morgan fingerprint density at radius 1 is 1.13 bits per heavy atom. The normalized spacial score (nSPS) is 34.9. The highest BCUT2D eigenvalue weighted by Crippen LogP contribution is 2.27. The van der Waals surface area contributed by atoms with Gasteiger partial charge in [0.2, 0.25) is 0 Å². The molecule has 2 radical (unpaired) electrons. The average Bonchev–Trinajstić information content (AvgIpc) is 2.16. The van der Waals surface area contributed by atoms with E-state index in [0.29, 0.717) is 0 Å². The first-order chi connectivity index (χ1) is 7.14. The zero-order valence-electron chi connectivity index (χ0n) is 10.2. The van der Waals surface area contributed by atoms with Crippen LogP contribution in [0, 0.1) is 5.92 Å². The van der Waals surface area contributed by atoms with Crippen LogP contribution < -0.4 is 0 Å². The topological polar surface area (TPSA) is 20.2 Å². The van der Waals surface area contributed by atoms with Crippen molar-refractivity contribution in [3.8, 4) is 0 Å². The maximum absolute atomic E-state index is 9.89. The zero-order chi connectivity index (χ0) is 11.1. The van der Waals surface area contributed by atoms with Crippen LogP contribution in [0.4, 0.5) is 0 Å². The maximum Gasteiger partial charge on any atom is 0.113 e. The molecule has 0 bridgehead atoms. The van der Waals surface area contributed by atoms with Crippen molar-refractivity contribution in [3.63, 3.8) is 0 Å². The van der Waals surface area contributed by atoms with Gasteiger partial charge >= 0.3 is 0 Å². The van der Waals surface area contributed by atoms with Crippen molar-refractivity contribution in [2.24, 2.45) is 5.92 Å². The summed E-state index contributed by atoms with van der Waals surface area (Å²) >= 11 is 0. The molecule has 0 aromatic rings. The number of rotatable bonds is 2. The third-order valence-electron chi connectivity index (χ3n) is 3.64. The van der Waals surface area contributed by atoms with Gasteiger partial charge in [0.05, 0.1) is 0 Å². The summed E-state index contributed by atoms with van der Waals surface area (Å²) in [6, 6.07) is 0. The Labute approximate surface area is 96.1 Å². The van der Waals surface area contributed by atoms with E-state index in [9.17, 15) is 5.11 Å². The molecule has 0 heterocycles. The van der Waals surface area contributed by atoms with Gasteiger partial charge in [-0.3, -0.25) is 0 Å². The maximum atomic E-state index is 9.89. The molecule has 0 aliphatic heterocycles. The predicted molar refractivity (Wildman–Crippen MR) is 66.0 cm³/mol. The minimum atomic E-state index is -0.881. The quantitative estimate of drug-likeness (QED) is 0.689. The standard InChI is InChI=1S/C13H25BO/c1-2-7-12-8-4-3-5-10-13(14,15)11-6-9-12/h12,15H,2-11H2,1H3/t12-,13?/m0/s1. The minimum Gasteiger partial charge on any atom is -0.400 e. The van der Waals surface area contributed by atoms with Gasteiger partial charge in [0.15, 0.2) is 0 Å². The van der Waals surface area contributed by atoms with Crippen molar-refractivity contribution in [2.75, 3.05) is 0 Å². The summed E-state index contributed by atoms with van der Waals surface area (Å²) in [6.45, 7) is 2.26. The summed E-state index contributed by atoms with van der Waals surface area (Å²) < 4.78 is 0. The Bertz CT molecular complexity index is 168. The largest absolute Gasteiger partial charge is 0.400 e. The van der Waals surface area contributed by atoms with Gasteiger partial charge in [0.1, 0.15) is 7.85 Å². The minimum absolute atomic E-state index is 0.783. The lowest BCUT2D eigenvalue weighted by molar-refractivity contribution is 0.0971. The van der Waals surface area contributed by atoms with Crippen molar-refractivity contribution in [3.05, 3.63) is 0 Å². The highest BCUT2D eigenvalue weighted by molar-refractivity contribution is 6.14. The van der Waals surface area contributed by atoms with Crippen molar-refractivity contribution in [1.29, 1.82) is 0 Å². The summed E-state index contributed by atoms with van der Waals surface area (Å²) in [5, 5.41) is 9.89. The summed E-state index contributed by atoms with van der Waals surface area (Å²) in [5.41, 5.74) is -0.881. The second kappa shape index (κ2) is 6.57. The van der Waals surface area contributed by atoms with Crippen molar-refractivity contribution >= 4 is 7.85 Å². The summed E-state index contributed by atoms with van der Waals surface area (Å²) in [4.78, 5) is 0. The second-order valence-electron chi connectivity index (χ2n) is 5.25. The van der Waals surface area contributed by atoms with E-state index in [1.807, 2.05) is 0 Å². The van der Waals surface area contributed by atoms with Crippen LogP contribution in [-0.2, 0) is 0 Å². The number of aliphatic hydroxyl groups is 1. The van der Waals surface area contributed by atoms with Gasteiger partial charge in [-0.1, -0.05) is 58.3 Å². The van der Waals surface area contributed by atoms with E-state index in [2.05, 4.69) is 6.92 Å². The molecule has 86 valence electrons. The predicted octanol–water partition coefficient (Wildman–Crippen LogP) is 3.39. The Balaban J connectivity index is 2.36. The average molecular weight is 208 g/mol. The van der Waals surface area contributed by atoms with E-state index in [1.165, 1.54) is 38.5 Å². The van der Waals surface area contributed by atoms with E-state index >= 15 is 0 Å². The van der Waals surface area contributed by atoms with E-state index in [0.717, 1.165) is 31.6 Å². The molecule has 0 amide bonds. The molecule has 15 heavy (non-hydrogen) atoms. The van der Waals surface area contributed by atoms with Crippen LogP contribution in [0.3, 0.4) is 0 Å². The summed E-state index contributed by atoms with van der Waals surface area (Å²) in [5.74, 6) is 0.879. The lowest BCUT2D eigenvalue weighted by Gasteiger charge is -2.27. The SMILES string of the molecule is [B]C1(O)CCCCC[C@H](CCC)CCC1. The lowest BCUT2D eigenvalue weighted by Crippen LogP contribution is -2.29. The molecule has 1 aliphatic carbocycles. The molecule has 1 rings (SSSR count). The van der Waals surface area contributed by atoms with Crippen LogP contribution >= 0.6 is 0 Å². The van der Waals surface area contributed by atoms with Gasteiger partial charge < -0.3 is 5.11 Å². The van der Waals surface area contributed by atoms with Gasteiger partial charge in [-0.2, -0.15) is 0 Å². The van der Waals surface area contributed by atoms with Crippen molar-refractivity contribution in [1.82, 2.24) is 0 Å². The second-order valence-corrected chi connectivity index (χ2v) is 5.25. The van der Waals surface area contributed by atoms with E-state index in [4.69, 9.17) is 7.85 Å². The van der Waals surface area contributed by atoms with E-state index < -0.39 is 5.50 Å². The molecule has 1 aliphatic rings. The summed E-state index contributed by atoms with van der Waals surface area (Å²) in [7, 11) is 5.84. The molecule has 1 N–H and O–H groups in total. The number of hydrogen-bond acceptors (Lipinski definition) is 1. The highest BCUT2D eigenvalue weighted by atomic mass is 16.3. The molecule has 1 unspecified atom stereocenters. The Morgan fingerprint density at radius 3 is 2.53 bits per heavy atom. The van der Waals surface area contributed by atoms with Gasteiger partial charge in [-0.25, -0.2) is 0 Å². The molecule has 1 saturated carbocycles. The van der Waals surface area contributed by atoms with Crippen LogP contribution in [0.25, 0.3) is 0 Å². The van der Waals surface area contributed by atoms with Crippen molar-refractivity contribution in [2.45, 2.75) is 76.6 Å². The summed E-state index contributed by atoms with van der Waals surface area (Å²) in [6.07, 6.45) is 11.6. The zero-order valence-corrected chi connectivity index (χ0v) is 10.2. The smallest absolute Gasteiger partial charge is 0.113 e. The highest BCUT2D eigenvalue weighted by Gasteiger charge is 2.20. The third-order valence-corrected chi connectivity index (χ3v) is 3.64.